The number of hydrazine groups is 1. The van der Waals surface area contributed by atoms with E-state index in [-0.39, 0.29) is 11.9 Å². The Morgan fingerprint density at radius 1 is 1.38 bits per heavy atom. The van der Waals surface area contributed by atoms with Gasteiger partial charge in [0.25, 0.3) is 11.0 Å². The Morgan fingerprint density at radius 3 is 2.46 bits per heavy atom. The highest BCUT2D eigenvalue weighted by Crippen LogP contribution is 2.42. The fourth-order valence-electron chi connectivity index (χ4n) is 2.20. The second kappa shape index (κ2) is 7.26. The number of hydrogen-bond acceptors (Lipinski definition) is 5. The molecule has 5 nitrogen and oxygen atoms in total. The van der Waals surface area contributed by atoms with Crippen molar-refractivity contribution in [1.82, 2.24) is 10.9 Å². The van der Waals surface area contributed by atoms with Gasteiger partial charge in [0.15, 0.2) is 0 Å². The summed E-state index contributed by atoms with van der Waals surface area (Å²) in [7, 11) is 0. The molecule has 1 fully saturated rings. The zero-order valence-corrected chi connectivity index (χ0v) is 13.8. The summed E-state index contributed by atoms with van der Waals surface area (Å²) in [5, 5.41) is -2.67. The van der Waals surface area contributed by atoms with Crippen LogP contribution in [0.1, 0.15) is 13.8 Å². The van der Waals surface area contributed by atoms with Crippen molar-refractivity contribution in [1.29, 1.82) is 0 Å². The smallest absolute Gasteiger partial charge is 0.333 e. The maximum atomic E-state index is 13.2. The fraction of sp³-hybridized carbons (Fsp3) is 0.500. The van der Waals surface area contributed by atoms with E-state index in [0.29, 0.717) is 17.4 Å². The van der Waals surface area contributed by atoms with E-state index >= 15 is 0 Å². The van der Waals surface area contributed by atoms with Crippen LogP contribution in [0.15, 0.2) is 24.3 Å². The molecule has 1 heterocycles. The molecule has 24 heavy (non-hydrogen) atoms. The summed E-state index contributed by atoms with van der Waals surface area (Å²) in [5.74, 6) is -1.14. The maximum Gasteiger partial charge on any atom is 0.443 e. The minimum Gasteiger partial charge on any atom is -0.333 e. The SMILES string of the molecule is CC(C)N(C(=O)COC1(C(F)(F)F)NNCS1)c1ccc(F)cc1. The molecule has 0 aromatic heterocycles. The number of alkyl halides is 3. The Morgan fingerprint density at radius 2 is 2.00 bits per heavy atom. The zero-order valence-electron chi connectivity index (χ0n) is 13.0. The van der Waals surface area contributed by atoms with E-state index in [1.165, 1.54) is 29.2 Å². The molecule has 1 aromatic carbocycles. The first kappa shape index (κ1) is 19.0. The Balaban J connectivity index is 2.12. The van der Waals surface area contributed by atoms with E-state index in [1.54, 1.807) is 13.8 Å². The molecule has 0 aliphatic carbocycles. The van der Waals surface area contributed by atoms with E-state index in [9.17, 15) is 22.4 Å². The van der Waals surface area contributed by atoms with Gasteiger partial charge in [0, 0.05) is 11.7 Å². The number of rotatable bonds is 5. The Bertz CT molecular complexity index is 574. The summed E-state index contributed by atoms with van der Waals surface area (Å²) < 4.78 is 57.4. The van der Waals surface area contributed by atoms with Crippen molar-refractivity contribution in [2.45, 2.75) is 31.1 Å². The van der Waals surface area contributed by atoms with Gasteiger partial charge < -0.3 is 9.64 Å². The summed E-state index contributed by atoms with van der Waals surface area (Å²) in [6.07, 6.45) is -4.71. The van der Waals surface area contributed by atoms with Crippen LogP contribution in [0.5, 0.6) is 0 Å². The van der Waals surface area contributed by atoms with Gasteiger partial charge in [-0.2, -0.15) is 13.2 Å². The lowest BCUT2D eigenvalue weighted by molar-refractivity contribution is -0.247. The summed E-state index contributed by atoms with van der Waals surface area (Å²) in [6.45, 7) is 2.62. The highest BCUT2D eigenvalue weighted by molar-refractivity contribution is 8.00. The number of thioether (sulfide) groups is 1. The molecule has 0 bridgehead atoms. The summed E-state index contributed by atoms with van der Waals surface area (Å²) in [6, 6.07) is 4.78. The molecule has 0 radical (unpaired) electrons. The third-order valence-corrected chi connectivity index (χ3v) is 4.41. The Labute approximate surface area is 140 Å². The number of amides is 1. The van der Waals surface area contributed by atoms with Gasteiger partial charge in [-0.1, -0.05) is 11.8 Å². The van der Waals surface area contributed by atoms with Gasteiger partial charge in [-0.15, -0.1) is 0 Å². The molecule has 2 N–H and O–H groups in total. The van der Waals surface area contributed by atoms with Crippen molar-refractivity contribution in [2.24, 2.45) is 0 Å². The van der Waals surface area contributed by atoms with E-state index < -0.39 is 29.6 Å². The fourth-order valence-corrected chi connectivity index (χ4v) is 3.00. The number of carbonyl (C=O) groups excluding carboxylic acids is 1. The van der Waals surface area contributed by atoms with Crippen LogP contribution >= 0.6 is 11.8 Å². The lowest BCUT2D eigenvalue weighted by Crippen LogP contribution is -2.56. The molecule has 1 saturated heterocycles. The predicted molar refractivity (Wildman–Crippen MR) is 82.5 cm³/mol. The molecule has 10 heteroatoms. The Kier molecular flexibility index (Phi) is 5.74. The third kappa shape index (κ3) is 4.00. The van der Waals surface area contributed by atoms with E-state index in [4.69, 9.17) is 4.74 Å². The summed E-state index contributed by atoms with van der Waals surface area (Å²) >= 11 is 0.467. The molecular formula is C14H17F4N3O2S. The van der Waals surface area contributed by atoms with E-state index in [2.05, 4.69) is 5.43 Å². The molecule has 134 valence electrons. The molecule has 1 atom stereocenters. The van der Waals surface area contributed by atoms with E-state index in [0.717, 1.165) is 0 Å². The van der Waals surface area contributed by atoms with Crippen LogP contribution in [0.25, 0.3) is 0 Å². The van der Waals surface area contributed by atoms with Gasteiger partial charge in [-0.3, -0.25) is 4.79 Å². The standard InChI is InChI=1S/C14H17F4N3O2S/c1-9(2)21(11-5-3-10(15)4-6-11)12(22)7-23-14(13(16,17)18)20-19-8-24-14/h3-6,9,19-20H,7-8H2,1-2H3. The predicted octanol–water partition coefficient (Wildman–Crippen LogP) is 2.60. The molecule has 2 rings (SSSR count). The Hall–Kier alpha value is -1.36. The average molecular weight is 367 g/mol. The number of halogens is 4. The lowest BCUT2D eigenvalue weighted by atomic mass is 10.2. The van der Waals surface area contributed by atoms with Gasteiger partial charge in [-0.05, 0) is 38.1 Å². The van der Waals surface area contributed by atoms with Gasteiger partial charge in [0.1, 0.15) is 12.4 Å². The average Bonchev–Trinajstić information content (AvgIpc) is 2.97. The van der Waals surface area contributed by atoms with E-state index in [1.807, 2.05) is 5.43 Å². The second-order valence-corrected chi connectivity index (χ2v) is 6.48. The number of nitrogens with zero attached hydrogens (tertiary/aromatic N) is 1. The van der Waals surface area contributed by atoms with Crippen molar-refractivity contribution in [3.8, 4) is 0 Å². The number of anilines is 1. The number of nitrogens with one attached hydrogen (secondary N) is 2. The van der Waals surface area contributed by atoms with Crippen molar-refractivity contribution >= 4 is 23.4 Å². The van der Waals surface area contributed by atoms with Crippen LogP contribution in [-0.4, -0.2) is 35.7 Å². The molecule has 0 saturated carbocycles. The zero-order chi connectivity index (χ0) is 18.0. The van der Waals surface area contributed by atoms with Gasteiger partial charge >= 0.3 is 6.18 Å². The second-order valence-electron chi connectivity index (χ2n) is 5.33. The summed E-state index contributed by atoms with van der Waals surface area (Å²) in [4.78, 5) is 13.6. The highest BCUT2D eigenvalue weighted by Gasteiger charge is 2.59. The molecule has 1 unspecified atom stereocenters. The quantitative estimate of drug-likeness (QED) is 0.784. The number of benzene rings is 1. The topological polar surface area (TPSA) is 53.6 Å². The maximum absolute atomic E-state index is 13.2. The van der Waals surface area contributed by atoms with Crippen LogP contribution in [-0.2, 0) is 9.53 Å². The molecule has 1 amide bonds. The molecular weight excluding hydrogens is 350 g/mol. The normalized spacial score (nSPS) is 21.3. The first-order valence-corrected chi connectivity index (χ1v) is 8.07. The highest BCUT2D eigenvalue weighted by atomic mass is 32.2. The van der Waals surface area contributed by atoms with Crippen molar-refractivity contribution in [3.05, 3.63) is 30.1 Å². The molecule has 1 aliphatic heterocycles. The van der Waals surface area contributed by atoms with Crippen molar-refractivity contribution in [3.63, 3.8) is 0 Å². The monoisotopic (exact) mass is 367 g/mol. The molecule has 1 aromatic rings. The van der Waals surface area contributed by atoms with Crippen LogP contribution in [0, 0.1) is 5.82 Å². The number of carbonyl (C=O) groups is 1. The van der Waals surface area contributed by atoms with Crippen molar-refractivity contribution in [2.75, 3.05) is 17.4 Å². The minimum absolute atomic E-state index is 0.0143. The minimum atomic E-state index is -4.71. The van der Waals surface area contributed by atoms with Crippen LogP contribution in [0.3, 0.4) is 0 Å². The lowest BCUT2D eigenvalue weighted by Gasteiger charge is -2.32. The first-order valence-electron chi connectivity index (χ1n) is 7.08. The van der Waals surface area contributed by atoms with Crippen molar-refractivity contribution < 1.29 is 27.1 Å². The van der Waals surface area contributed by atoms with Gasteiger partial charge in [0.2, 0.25) is 0 Å². The van der Waals surface area contributed by atoms with Gasteiger partial charge in [-0.25, -0.2) is 15.2 Å². The number of hydrogen-bond donors (Lipinski definition) is 2. The first-order chi connectivity index (χ1) is 11.2. The largest absolute Gasteiger partial charge is 0.443 e. The summed E-state index contributed by atoms with van der Waals surface area (Å²) in [5.41, 5.74) is 4.74. The number of ether oxygens (including phenoxy) is 1. The van der Waals surface area contributed by atoms with Gasteiger partial charge in [0.05, 0.1) is 5.88 Å². The van der Waals surface area contributed by atoms with Crippen LogP contribution in [0.2, 0.25) is 0 Å². The third-order valence-electron chi connectivity index (χ3n) is 3.26. The van der Waals surface area contributed by atoms with Crippen LogP contribution < -0.4 is 15.8 Å². The van der Waals surface area contributed by atoms with Crippen LogP contribution in [0.4, 0.5) is 23.2 Å². The molecule has 1 aliphatic rings. The molecule has 0 spiro atoms.